The van der Waals surface area contributed by atoms with Crippen molar-refractivity contribution < 1.29 is 9.53 Å². The fourth-order valence-corrected chi connectivity index (χ4v) is 3.48. The second-order valence-electron chi connectivity index (χ2n) is 6.70. The Balaban J connectivity index is 1.66. The van der Waals surface area contributed by atoms with Gasteiger partial charge in [0, 0.05) is 11.7 Å². The lowest BCUT2D eigenvalue weighted by Gasteiger charge is -2.24. The second kappa shape index (κ2) is 7.70. The van der Waals surface area contributed by atoms with Crippen molar-refractivity contribution >= 4 is 11.6 Å². The molecule has 2 aromatic rings. The number of likely N-dealkylation sites (tertiary alicyclic amines) is 1. The SMILES string of the molecule is COc1ccc([C@@H]2CCCN2CC(=O)Nc2cccc(C)c2C)cc1. The lowest BCUT2D eigenvalue weighted by molar-refractivity contribution is -0.117. The minimum Gasteiger partial charge on any atom is -0.497 e. The molecule has 1 amide bonds. The van der Waals surface area contributed by atoms with Gasteiger partial charge in [0.25, 0.3) is 0 Å². The number of amides is 1. The molecule has 25 heavy (non-hydrogen) atoms. The van der Waals surface area contributed by atoms with Gasteiger partial charge in [0.05, 0.1) is 13.7 Å². The van der Waals surface area contributed by atoms with Crippen LogP contribution in [-0.4, -0.2) is 31.0 Å². The van der Waals surface area contributed by atoms with Crippen LogP contribution in [0, 0.1) is 13.8 Å². The Morgan fingerprint density at radius 2 is 1.96 bits per heavy atom. The van der Waals surface area contributed by atoms with Crippen LogP contribution < -0.4 is 10.1 Å². The number of aryl methyl sites for hydroxylation is 1. The third kappa shape index (κ3) is 4.02. The number of nitrogens with zero attached hydrogens (tertiary/aromatic N) is 1. The molecule has 1 heterocycles. The molecule has 132 valence electrons. The van der Waals surface area contributed by atoms with Gasteiger partial charge in [-0.25, -0.2) is 0 Å². The van der Waals surface area contributed by atoms with Crippen molar-refractivity contribution in [2.24, 2.45) is 0 Å². The molecule has 4 heteroatoms. The molecule has 1 aliphatic heterocycles. The summed E-state index contributed by atoms with van der Waals surface area (Å²) in [6, 6.07) is 14.5. The molecule has 1 N–H and O–H groups in total. The molecule has 0 bridgehead atoms. The molecular weight excluding hydrogens is 312 g/mol. The lowest BCUT2D eigenvalue weighted by Crippen LogP contribution is -2.33. The molecule has 4 nitrogen and oxygen atoms in total. The number of nitrogens with one attached hydrogen (secondary N) is 1. The summed E-state index contributed by atoms with van der Waals surface area (Å²) in [7, 11) is 1.68. The van der Waals surface area contributed by atoms with Crippen molar-refractivity contribution in [1.82, 2.24) is 4.90 Å². The smallest absolute Gasteiger partial charge is 0.238 e. The van der Waals surface area contributed by atoms with Crippen molar-refractivity contribution in [3.8, 4) is 5.75 Å². The molecule has 1 fully saturated rings. The van der Waals surface area contributed by atoms with Gasteiger partial charge in [-0.15, -0.1) is 0 Å². The summed E-state index contributed by atoms with van der Waals surface area (Å²) in [6.45, 7) is 5.48. The van der Waals surface area contributed by atoms with E-state index in [9.17, 15) is 4.79 Å². The number of methoxy groups -OCH3 is 1. The number of anilines is 1. The topological polar surface area (TPSA) is 41.6 Å². The minimum absolute atomic E-state index is 0.0501. The molecule has 2 aromatic carbocycles. The van der Waals surface area contributed by atoms with Crippen LogP contribution in [0.5, 0.6) is 5.75 Å². The number of rotatable bonds is 5. The van der Waals surface area contributed by atoms with Crippen LogP contribution in [0.2, 0.25) is 0 Å². The highest BCUT2D eigenvalue weighted by Gasteiger charge is 2.27. The van der Waals surface area contributed by atoms with Gasteiger partial charge in [0.2, 0.25) is 5.91 Å². The average Bonchev–Trinajstić information content (AvgIpc) is 3.07. The van der Waals surface area contributed by atoms with Crippen LogP contribution in [0.4, 0.5) is 5.69 Å². The number of hydrogen-bond donors (Lipinski definition) is 1. The summed E-state index contributed by atoms with van der Waals surface area (Å²) in [5, 5.41) is 3.07. The Bertz CT molecular complexity index is 740. The van der Waals surface area contributed by atoms with Crippen LogP contribution in [0.1, 0.15) is 35.6 Å². The molecule has 3 rings (SSSR count). The summed E-state index contributed by atoms with van der Waals surface area (Å²) < 4.78 is 5.23. The third-order valence-electron chi connectivity index (χ3n) is 5.09. The number of ether oxygens (including phenoxy) is 1. The van der Waals surface area contributed by atoms with Crippen LogP contribution in [-0.2, 0) is 4.79 Å². The van der Waals surface area contributed by atoms with E-state index in [-0.39, 0.29) is 5.91 Å². The van der Waals surface area contributed by atoms with Crippen molar-refractivity contribution in [2.75, 3.05) is 25.5 Å². The second-order valence-corrected chi connectivity index (χ2v) is 6.70. The van der Waals surface area contributed by atoms with Gasteiger partial charge in [-0.1, -0.05) is 24.3 Å². The summed E-state index contributed by atoms with van der Waals surface area (Å²) in [4.78, 5) is 14.8. The van der Waals surface area contributed by atoms with Gasteiger partial charge in [-0.2, -0.15) is 0 Å². The number of carbonyl (C=O) groups excluding carboxylic acids is 1. The molecule has 1 aliphatic rings. The highest BCUT2D eigenvalue weighted by molar-refractivity contribution is 5.93. The van der Waals surface area contributed by atoms with Gasteiger partial charge in [-0.3, -0.25) is 9.69 Å². The Morgan fingerprint density at radius 3 is 2.68 bits per heavy atom. The fourth-order valence-electron chi connectivity index (χ4n) is 3.48. The monoisotopic (exact) mass is 338 g/mol. The number of carbonyl (C=O) groups is 1. The largest absolute Gasteiger partial charge is 0.497 e. The molecule has 0 unspecified atom stereocenters. The summed E-state index contributed by atoms with van der Waals surface area (Å²) in [5.74, 6) is 0.912. The third-order valence-corrected chi connectivity index (χ3v) is 5.09. The highest BCUT2D eigenvalue weighted by Crippen LogP contribution is 2.32. The Morgan fingerprint density at radius 1 is 1.20 bits per heavy atom. The van der Waals surface area contributed by atoms with E-state index in [2.05, 4.69) is 35.3 Å². The lowest BCUT2D eigenvalue weighted by atomic mass is 10.0. The first-order chi connectivity index (χ1) is 12.1. The van der Waals surface area contributed by atoms with Crippen LogP contribution in [0.15, 0.2) is 42.5 Å². The predicted molar refractivity (Wildman–Crippen MR) is 101 cm³/mol. The zero-order valence-corrected chi connectivity index (χ0v) is 15.2. The molecule has 0 aromatic heterocycles. The fraction of sp³-hybridized carbons (Fsp3) is 0.381. The van der Waals surface area contributed by atoms with E-state index in [1.807, 2.05) is 31.2 Å². The van der Waals surface area contributed by atoms with Crippen molar-refractivity contribution in [2.45, 2.75) is 32.7 Å². The first-order valence-electron chi connectivity index (χ1n) is 8.82. The van der Waals surface area contributed by atoms with Crippen LogP contribution in [0.25, 0.3) is 0 Å². The minimum atomic E-state index is 0.0501. The van der Waals surface area contributed by atoms with E-state index in [1.54, 1.807) is 7.11 Å². The van der Waals surface area contributed by atoms with Gasteiger partial charge < -0.3 is 10.1 Å². The van der Waals surface area contributed by atoms with E-state index in [1.165, 1.54) is 11.1 Å². The maximum Gasteiger partial charge on any atom is 0.238 e. The average molecular weight is 338 g/mol. The van der Waals surface area contributed by atoms with Crippen molar-refractivity contribution in [1.29, 1.82) is 0 Å². The van der Waals surface area contributed by atoms with Gasteiger partial charge in [-0.05, 0) is 68.1 Å². The van der Waals surface area contributed by atoms with E-state index >= 15 is 0 Å². The van der Waals surface area contributed by atoms with Crippen molar-refractivity contribution in [3.05, 3.63) is 59.2 Å². The van der Waals surface area contributed by atoms with Crippen molar-refractivity contribution in [3.63, 3.8) is 0 Å². The molecule has 1 saturated heterocycles. The van der Waals surface area contributed by atoms with Crippen LogP contribution in [0.3, 0.4) is 0 Å². The van der Waals surface area contributed by atoms with E-state index < -0.39 is 0 Å². The van der Waals surface area contributed by atoms with E-state index in [0.29, 0.717) is 12.6 Å². The number of benzene rings is 2. The van der Waals surface area contributed by atoms with Crippen LogP contribution >= 0.6 is 0 Å². The molecule has 0 aliphatic carbocycles. The zero-order valence-electron chi connectivity index (χ0n) is 15.2. The number of hydrogen-bond acceptors (Lipinski definition) is 3. The first kappa shape index (κ1) is 17.5. The summed E-state index contributed by atoms with van der Waals surface area (Å²) >= 11 is 0. The van der Waals surface area contributed by atoms with E-state index in [0.717, 1.165) is 36.4 Å². The molecule has 0 spiro atoms. The maximum atomic E-state index is 12.5. The summed E-state index contributed by atoms with van der Waals surface area (Å²) in [6.07, 6.45) is 2.20. The molecule has 0 radical (unpaired) electrons. The van der Waals surface area contributed by atoms with E-state index in [4.69, 9.17) is 4.74 Å². The Hall–Kier alpha value is -2.33. The first-order valence-corrected chi connectivity index (χ1v) is 8.82. The van der Waals surface area contributed by atoms with Gasteiger partial charge >= 0.3 is 0 Å². The van der Waals surface area contributed by atoms with Gasteiger partial charge in [0.1, 0.15) is 5.75 Å². The maximum absolute atomic E-state index is 12.5. The Kier molecular flexibility index (Phi) is 5.39. The van der Waals surface area contributed by atoms with Gasteiger partial charge in [0.15, 0.2) is 0 Å². The predicted octanol–water partition coefficient (Wildman–Crippen LogP) is 4.09. The Labute approximate surface area is 149 Å². The molecular formula is C21H26N2O2. The normalized spacial score (nSPS) is 17.5. The zero-order chi connectivity index (χ0) is 17.8. The summed E-state index contributed by atoms with van der Waals surface area (Å²) in [5.41, 5.74) is 4.47. The molecule has 1 atom stereocenters. The quantitative estimate of drug-likeness (QED) is 0.893. The molecule has 0 saturated carbocycles. The standard InChI is InChI=1S/C21H26N2O2/c1-15-6-4-7-19(16(15)2)22-21(24)14-23-13-5-8-20(23)17-9-11-18(25-3)12-10-17/h4,6-7,9-12,20H,5,8,13-14H2,1-3H3,(H,22,24)/t20-/m0/s1. The highest BCUT2D eigenvalue weighted by atomic mass is 16.5.